The lowest BCUT2D eigenvalue weighted by atomic mass is 10.2. The molecule has 1 heterocycles. The number of carbonyl (C=O) groups excluding carboxylic acids is 2. The molecule has 1 aliphatic rings. The molecule has 0 aromatic carbocycles. The molecule has 0 aromatic rings. The summed E-state index contributed by atoms with van der Waals surface area (Å²) in [4.78, 5) is 23.8. The number of esters is 1. The Kier molecular flexibility index (Phi) is 3.25. The monoisotopic (exact) mass is 186 g/mol. The Labute approximate surface area is 77.0 Å². The van der Waals surface area contributed by atoms with E-state index in [9.17, 15) is 9.59 Å². The highest BCUT2D eigenvalue weighted by Gasteiger charge is 2.28. The highest BCUT2D eigenvalue weighted by Crippen LogP contribution is 1.99. The minimum absolute atomic E-state index is 0.000508. The molecule has 1 unspecified atom stereocenters. The highest BCUT2D eigenvalue weighted by atomic mass is 16.5. The fourth-order valence-corrected chi connectivity index (χ4v) is 1.19. The first kappa shape index (κ1) is 9.98. The number of likely N-dealkylation sites (N-methyl/N-ethyl adjacent to an activating group) is 1. The molecule has 1 saturated heterocycles. The van der Waals surface area contributed by atoms with Gasteiger partial charge in [-0.25, -0.2) is 0 Å². The van der Waals surface area contributed by atoms with Crippen molar-refractivity contribution in [1.29, 1.82) is 0 Å². The van der Waals surface area contributed by atoms with E-state index in [2.05, 4.69) is 5.32 Å². The molecule has 1 amide bonds. The third-order valence-electron chi connectivity index (χ3n) is 1.95. The Bertz CT molecular complexity index is 217. The Morgan fingerprint density at radius 3 is 3.00 bits per heavy atom. The maximum atomic E-state index is 11.2. The van der Waals surface area contributed by atoms with Crippen LogP contribution in [-0.4, -0.2) is 49.6 Å². The van der Waals surface area contributed by atoms with Gasteiger partial charge in [-0.15, -0.1) is 0 Å². The molecule has 74 valence electrons. The fourth-order valence-electron chi connectivity index (χ4n) is 1.19. The van der Waals surface area contributed by atoms with Crippen molar-refractivity contribution in [2.75, 3.05) is 26.7 Å². The SMILES string of the molecule is CCOC(=O)C1CN(C)C(=O)CN1. The van der Waals surface area contributed by atoms with Crippen LogP contribution >= 0.6 is 0 Å². The predicted molar refractivity (Wildman–Crippen MR) is 46.1 cm³/mol. The molecule has 1 fully saturated rings. The second-order valence-corrected chi connectivity index (χ2v) is 2.96. The number of rotatable bonds is 2. The van der Waals surface area contributed by atoms with E-state index in [0.29, 0.717) is 13.2 Å². The zero-order valence-corrected chi connectivity index (χ0v) is 7.87. The zero-order valence-electron chi connectivity index (χ0n) is 7.87. The molecule has 1 rings (SSSR count). The first-order chi connectivity index (χ1) is 6.15. The molecule has 1 aliphatic heterocycles. The number of carbonyl (C=O) groups is 2. The molecule has 13 heavy (non-hydrogen) atoms. The van der Waals surface area contributed by atoms with E-state index < -0.39 is 0 Å². The number of hydrogen-bond acceptors (Lipinski definition) is 4. The lowest BCUT2D eigenvalue weighted by Gasteiger charge is -2.29. The minimum Gasteiger partial charge on any atom is -0.465 e. The van der Waals surface area contributed by atoms with E-state index >= 15 is 0 Å². The molecule has 5 heteroatoms. The molecule has 0 bridgehead atoms. The van der Waals surface area contributed by atoms with Crippen molar-refractivity contribution in [1.82, 2.24) is 10.2 Å². The van der Waals surface area contributed by atoms with Gasteiger partial charge < -0.3 is 9.64 Å². The maximum Gasteiger partial charge on any atom is 0.324 e. The van der Waals surface area contributed by atoms with Gasteiger partial charge in [-0.1, -0.05) is 0 Å². The largest absolute Gasteiger partial charge is 0.465 e. The number of amides is 1. The summed E-state index contributed by atoms with van der Waals surface area (Å²) in [6, 6.07) is -0.373. The van der Waals surface area contributed by atoms with Crippen molar-refractivity contribution >= 4 is 11.9 Å². The summed E-state index contributed by atoms with van der Waals surface area (Å²) < 4.78 is 4.83. The van der Waals surface area contributed by atoms with Gasteiger partial charge in [-0.3, -0.25) is 14.9 Å². The first-order valence-corrected chi connectivity index (χ1v) is 4.29. The van der Waals surface area contributed by atoms with Gasteiger partial charge in [0.15, 0.2) is 0 Å². The molecule has 0 radical (unpaired) electrons. The Morgan fingerprint density at radius 1 is 1.77 bits per heavy atom. The van der Waals surface area contributed by atoms with Crippen LogP contribution in [0.3, 0.4) is 0 Å². The van der Waals surface area contributed by atoms with Crippen molar-refractivity contribution in [3.8, 4) is 0 Å². The summed E-state index contributed by atoms with van der Waals surface area (Å²) in [5.41, 5.74) is 0. The highest BCUT2D eigenvalue weighted by molar-refractivity contribution is 5.83. The molecule has 0 aromatic heterocycles. The Hall–Kier alpha value is -1.10. The van der Waals surface area contributed by atoms with Crippen LogP contribution in [0.25, 0.3) is 0 Å². The summed E-state index contributed by atoms with van der Waals surface area (Å²) >= 11 is 0. The standard InChI is InChI=1S/C8H14N2O3/c1-3-13-8(12)6-5-10(2)7(11)4-9-6/h6,9H,3-5H2,1-2H3. The van der Waals surface area contributed by atoms with Gasteiger partial charge in [-0.05, 0) is 6.92 Å². The second kappa shape index (κ2) is 4.23. The molecule has 5 nitrogen and oxygen atoms in total. The molecule has 0 spiro atoms. The quantitative estimate of drug-likeness (QED) is 0.561. The van der Waals surface area contributed by atoms with E-state index in [-0.39, 0.29) is 24.5 Å². The smallest absolute Gasteiger partial charge is 0.324 e. The first-order valence-electron chi connectivity index (χ1n) is 4.29. The number of nitrogens with zero attached hydrogens (tertiary/aromatic N) is 1. The second-order valence-electron chi connectivity index (χ2n) is 2.96. The third kappa shape index (κ3) is 2.42. The zero-order chi connectivity index (χ0) is 9.84. The van der Waals surface area contributed by atoms with Crippen molar-refractivity contribution in [3.63, 3.8) is 0 Å². The Morgan fingerprint density at radius 2 is 2.46 bits per heavy atom. The van der Waals surface area contributed by atoms with Crippen LogP contribution in [0.5, 0.6) is 0 Å². The van der Waals surface area contributed by atoms with Gasteiger partial charge in [0.05, 0.1) is 13.2 Å². The molecular formula is C8H14N2O3. The summed E-state index contributed by atoms with van der Waals surface area (Å²) in [7, 11) is 1.68. The van der Waals surface area contributed by atoms with Crippen LogP contribution in [0.4, 0.5) is 0 Å². The van der Waals surface area contributed by atoms with E-state index in [4.69, 9.17) is 4.74 Å². The minimum atomic E-state index is -0.373. The fraction of sp³-hybridized carbons (Fsp3) is 0.750. The van der Waals surface area contributed by atoms with E-state index in [1.54, 1.807) is 14.0 Å². The van der Waals surface area contributed by atoms with Crippen LogP contribution in [0.1, 0.15) is 6.92 Å². The topological polar surface area (TPSA) is 58.6 Å². The summed E-state index contributed by atoms with van der Waals surface area (Å²) in [6.07, 6.45) is 0. The normalized spacial score (nSPS) is 23.1. The van der Waals surface area contributed by atoms with Gasteiger partial charge in [-0.2, -0.15) is 0 Å². The van der Waals surface area contributed by atoms with Crippen LogP contribution in [0.2, 0.25) is 0 Å². The van der Waals surface area contributed by atoms with Crippen molar-refractivity contribution in [2.24, 2.45) is 0 Å². The number of nitrogens with one attached hydrogen (secondary N) is 1. The van der Waals surface area contributed by atoms with Crippen molar-refractivity contribution < 1.29 is 14.3 Å². The average molecular weight is 186 g/mol. The van der Waals surface area contributed by atoms with E-state index in [0.717, 1.165) is 0 Å². The summed E-state index contributed by atoms with van der Waals surface area (Å²) in [5, 5.41) is 2.82. The van der Waals surface area contributed by atoms with Gasteiger partial charge >= 0.3 is 5.97 Å². The van der Waals surface area contributed by atoms with Crippen molar-refractivity contribution in [3.05, 3.63) is 0 Å². The molecule has 1 N–H and O–H groups in total. The lowest BCUT2D eigenvalue weighted by Crippen LogP contribution is -2.56. The average Bonchev–Trinajstić information content (AvgIpc) is 2.10. The number of hydrogen-bond donors (Lipinski definition) is 1. The number of ether oxygens (including phenoxy) is 1. The molecule has 0 aliphatic carbocycles. The number of piperazine rings is 1. The summed E-state index contributed by atoms with van der Waals surface area (Å²) in [6.45, 7) is 2.72. The van der Waals surface area contributed by atoms with Gasteiger partial charge in [0, 0.05) is 13.6 Å². The van der Waals surface area contributed by atoms with Crippen molar-refractivity contribution in [2.45, 2.75) is 13.0 Å². The molecular weight excluding hydrogens is 172 g/mol. The lowest BCUT2D eigenvalue weighted by molar-refractivity contribution is -0.148. The van der Waals surface area contributed by atoms with Gasteiger partial charge in [0.25, 0.3) is 0 Å². The van der Waals surface area contributed by atoms with E-state index in [1.807, 2.05) is 0 Å². The van der Waals surface area contributed by atoms with Crippen LogP contribution in [-0.2, 0) is 14.3 Å². The molecule has 1 atom stereocenters. The molecule has 0 saturated carbocycles. The van der Waals surface area contributed by atoms with E-state index in [1.165, 1.54) is 4.90 Å². The van der Waals surface area contributed by atoms with Gasteiger partial charge in [0.1, 0.15) is 6.04 Å². The predicted octanol–water partition coefficient (Wildman–Crippen LogP) is -1.02. The van der Waals surface area contributed by atoms with Crippen LogP contribution in [0.15, 0.2) is 0 Å². The van der Waals surface area contributed by atoms with Crippen LogP contribution in [0, 0.1) is 0 Å². The maximum absolute atomic E-state index is 11.2. The van der Waals surface area contributed by atoms with Gasteiger partial charge in [0.2, 0.25) is 5.91 Å². The Balaban J connectivity index is 2.45. The van der Waals surface area contributed by atoms with Crippen LogP contribution < -0.4 is 5.32 Å². The third-order valence-corrected chi connectivity index (χ3v) is 1.95. The summed E-state index contributed by atoms with van der Waals surface area (Å²) in [5.74, 6) is -0.289.